The van der Waals surface area contributed by atoms with Crippen molar-refractivity contribution < 1.29 is 14.3 Å². The maximum atomic E-state index is 13.6. The largest absolute Gasteiger partial charge is 0.457 e. The number of hydrogen-bond acceptors (Lipinski definition) is 5. The Bertz CT molecular complexity index is 1610. The summed E-state index contributed by atoms with van der Waals surface area (Å²) >= 11 is 13.2. The van der Waals surface area contributed by atoms with E-state index >= 15 is 0 Å². The molecule has 1 unspecified atom stereocenters. The van der Waals surface area contributed by atoms with E-state index in [0.717, 1.165) is 51.0 Å². The van der Waals surface area contributed by atoms with E-state index in [2.05, 4.69) is 70.9 Å². The van der Waals surface area contributed by atoms with E-state index in [9.17, 15) is 9.59 Å². The molecular weight excluding hydrogens is 627 g/mol. The standard InChI is InChI=1S/C40H46Cl2N2O3/c1-27-34(38(46)47-39(3,4)5)36(31-19-14-20-32(41)37(31)42)35(28(2)45)33(43-27)21-12-13-24-44-25-22-40(23-26-44,29-15-8-6-9-16-29)30-17-10-7-11-18-30/h6-11,14-20,36,43H,12-13,21-26H2,1-5H3. The van der Waals surface area contributed by atoms with Gasteiger partial charge in [-0.15, -0.1) is 0 Å². The Labute approximate surface area is 290 Å². The van der Waals surface area contributed by atoms with E-state index in [1.165, 1.54) is 11.1 Å². The van der Waals surface area contributed by atoms with Crippen molar-refractivity contribution in [2.75, 3.05) is 19.6 Å². The lowest BCUT2D eigenvalue weighted by Gasteiger charge is -2.43. The van der Waals surface area contributed by atoms with Crippen LogP contribution in [-0.2, 0) is 19.7 Å². The van der Waals surface area contributed by atoms with Crippen LogP contribution in [0.4, 0.5) is 0 Å². The van der Waals surface area contributed by atoms with Crippen molar-refractivity contribution in [3.05, 3.63) is 128 Å². The second kappa shape index (κ2) is 14.8. The topological polar surface area (TPSA) is 58.6 Å². The Kier molecular flexibility index (Phi) is 11.0. The fraction of sp³-hybridized carbons (Fsp3) is 0.400. The van der Waals surface area contributed by atoms with Crippen molar-refractivity contribution in [1.29, 1.82) is 0 Å². The minimum absolute atomic E-state index is 0.0264. The second-order valence-electron chi connectivity index (χ2n) is 13.8. The molecule has 1 atom stereocenters. The molecule has 5 nitrogen and oxygen atoms in total. The van der Waals surface area contributed by atoms with Crippen LogP contribution in [-0.4, -0.2) is 41.9 Å². The number of Topliss-reactive ketones (excluding diaryl/α,β-unsaturated/α-hetero) is 1. The number of benzene rings is 3. The van der Waals surface area contributed by atoms with Crippen molar-refractivity contribution in [1.82, 2.24) is 10.2 Å². The molecule has 0 aromatic heterocycles. The lowest BCUT2D eigenvalue weighted by atomic mass is 9.68. The summed E-state index contributed by atoms with van der Waals surface area (Å²) in [5.41, 5.74) is 5.13. The molecule has 0 spiro atoms. The molecule has 7 heteroatoms. The molecule has 0 bridgehead atoms. The molecule has 1 fully saturated rings. The first-order valence-electron chi connectivity index (χ1n) is 16.6. The summed E-state index contributed by atoms with van der Waals surface area (Å²) in [6, 6.07) is 27.2. The lowest BCUT2D eigenvalue weighted by molar-refractivity contribution is -0.150. The SMILES string of the molecule is CC(=O)C1=C(CCCCN2CCC(c3ccccc3)(c3ccccc3)CC2)NC(C)=C(C(=O)OC(C)(C)C)C1c1cccc(Cl)c1Cl. The molecular formula is C40H46Cl2N2O3. The highest BCUT2D eigenvalue weighted by atomic mass is 35.5. The molecule has 3 aromatic carbocycles. The average Bonchev–Trinajstić information content (AvgIpc) is 3.04. The third kappa shape index (κ3) is 7.85. The first-order chi connectivity index (χ1) is 22.4. The molecule has 1 N–H and O–H groups in total. The van der Waals surface area contributed by atoms with Gasteiger partial charge in [0, 0.05) is 28.3 Å². The smallest absolute Gasteiger partial charge is 0.337 e. The van der Waals surface area contributed by atoms with E-state index in [1.54, 1.807) is 19.1 Å². The van der Waals surface area contributed by atoms with Gasteiger partial charge in [-0.05, 0) is 109 Å². The average molecular weight is 674 g/mol. The summed E-state index contributed by atoms with van der Waals surface area (Å²) in [5, 5.41) is 4.14. The molecule has 3 aromatic rings. The summed E-state index contributed by atoms with van der Waals surface area (Å²) in [6.07, 6.45) is 4.70. The fourth-order valence-electron chi connectivity index (χ4n) is 7.22. The van der Waals surface area contributed by atoms with Crippen molar-refractivity contribution in [3.63, 3.8) is 0 Å². The maximum Gasteiger partial charge on any atom is 0.337 e. The molecule has 2 aliphatic heterocycles. The van der Waals surface area contributed by atoms with Gasteiger partial charge < -0.3 is 15.0 Å². The van der Waals surface area contributed by atoms with E-state index in [-0.39, 0.29) is 11.2 Å². The van der Waals surface area contributed by atoms with Gasteiger partial charge in [0.1, 0.15) is 5.60 Å². The van der Waals surface area contributed by atoms with Crippen LogP contribution in [0.2, 0.25) is 10.0 Å². The molecule has 0 amide bonds. The summed E-state index contributed by atoms with van der Waals surface area (Å²) in [7, 11) is 0. The third-order valence-electron chi connectivity index (χ3n) is 9.45. The Morgan fingerprint density at radius 2 is 1.47 bits per heavy atom. The Balaban J connectivity index is 1.31. The minimum Gasteiger partial charge on any atom is -0.457 e. The number of ether oxygens (including phenoxy) is 1. The first kappa shape index (κ1) is 34.9. The number of nitrogens with one attached hydrogen (secondary N) is 1. The van der Waals surface area contributed by atoms with E-state index in [0.29, 0.717) is 38.9 Å². The number of esters is 1. The van der Waals surface area contributed by atoms with Crippen LogP contribution >= 0.6 is 23.2 Å². The van der Waals surface area contributed by atoms with Gasteiger partial charge in [0.05, 0.1) is 15.6 Å². The number of dihydropyridines is 1. The van der Waals surface area contributed by atoms with E-state index in [1.807, 2.05) is 33.8 Å². The molecule has 2 heterocycles. The highest BCUT2D eigenvalue weighted by Crippen LogP contribution is 2.45. The van der Waals surface area contributed by atoms with Crippen LogP contribution in [0.3, 0.4) is 0 Å². The molecule has 5 rings (SSSR count). The highest BCUT2D eigenvalue weighted by Gasteiger charge is 2.40. The molecule has 0 radical (unpaired) electrons. The number of carbonyl (C=O) groups is 2. The number of ketones is 1. The number of unbranched alkanes of at least 4 members (excludes halogenated alkanes) is 1. The molecule has 0 aliphatic carbocycles. The minimum atomic E-state index is -0.705. The van der Waals surface area contributed by atoms with Gasteiger partial charge in [0.15, 0.2) is 5.78 Å². The van der Waals surface area contributed by atoms with Crippen LogP contribution in [0.15, 0.2) is 101 Å². The van der Waals surface area contributed by atoms with Crippen LogP contribution in [0.1, 0.15) is 89.3 Å². The number of nitrogens with zero attached hydrogens (tertiary/aromatic N) is 1. The fourth-order valence-corrected chi connectivity index (χ4v) is 7.64. The molecule has 1 saturated heterocycles. The Morgan fingerprint density at radius 3 is 2.02 bits per heavy atom. The highest BCUT2D eigenvalue weighted by molar-refractivity contribution is 6.42. The van der Waals surface area contributed by atoms with Gasteiger partial charge >= 0.3 is 5.97 Å². The number of allylic oxidation sites excluding steroid dienone is 3. The lowest BCUT2D eigenvalue weighted by Crippen LogP contribution is -2.43. The number of hydrogen-bond donors (Lipinski definition) is 1. The van der Waals surface area contributed by atoms with E-state index < -0.39 is 17.5 Å². The zero-order valence-corrected chi connectivity index (χ0v) is 29.7. The molecule has 47 heavy (non-hydrogen) atoms. The summed E-state index contributed by atoms with van der Waals surface area (Å²) < 4.78 is 5.82. The Morgan fingerprint density at radius 1 is 0.872 bits per heavy atom. The van der Waals surface area contributed by atoms with Crippen LogP contribution < -0.4 is 5.32 Å². The quantitative estimate of drug-likeness (QED) is 0.172. The maximum absolute atomic E-state index is 13.6. The molecule has 248 valence electrons. The predicted octanol–water partition coefficient (Wildman–Crippen LogP) is 9.39. The Hall–Kier alpha value is -3.38. The monoisotopic (exact) mass is 672 g/mol. The summed E-state index contributed by atoms with van der Waals surface area (Å²) in [5.74, 6) is -1.28. The molecule has 2 aliphatic rings. The van der Waals surface area contributed by atoms with Crippen molar-refractivity contribution in [2.24, 2.45) is 0 Å². The van der Waals surface area contributed by atoms with Crippen molar-refractivity contribution in [2.45, 2.75) is 83.7 Å². The summed E-state index contributed by atoms with van der Waals surface area (Å²) in [4.78, 5) is 29.5. The molecule has 0 saturated carbocycles. The normalized spacial score (nSPS) is 18.6. The van der Waals surface area contributed by atoms with E-state index in [4.69, 9.17) is 27.9 Å². The number of rotatable bonds is 10. The van der Waals surface area contributed by atoms with Gasteiger partial charge in [0.25, 0.3) is 0 Å². The van der Waals surface area contributed by atoms with Crippen LogP contribution in [0.5, 0.6) is 0 Å². The predicted molar refractivity (Wildman–Crippen MR) is 192 cm³/mol. The number of halogens is 2. The zero-order valence-electron chi connectivity index (χ0n) is 28.2. The van der Waals surface area contributed by atoms with Gasteiger partial charge in [-0.25, -0.2) is 4.79 Å². The van der Waals surface area contributed by atoms with Gasteiger partial charge in [0.2, 0.25) is 0 Å². The zero-order chi connectivity index (χ0) is 33.8. The van der Waals surface area contributed by atoms with Crippen LogP contribution in [0, 0.1) is 0 Å². The second-order valence-corrected chi connectivity index (χ2v) is 14.6. The van der Waals surface area contributed by atoms with Gasteiger partial charge in [-0.1, -0.05) is 96.0 Å². The number of piperidine rings is 1. The number of likely N-dealkylation sites (tertiary alicyclic amines) is 1. The van der Waals surface area contributed by atoms with Gasteiger partial charge in [-0.2, -0.15) is 0 Å². The van der Waals surface area contributed by atoms with Crippen molar-refractivity contribution >= 4 is 35.0 Å². The van der Waals surface area contributed by atoms with Crippen LogP contribution in [0.25, 0.3) is 0 Å². The summed E-state index contributed by atoms with van der Waals surface area (Å²) in [6.45, 7) is 12.0. The van der Waals surface area contributed by atoms with Gasteiger partial charge in [-0.3, -0.25) is 4.79 Å². The number of carbonyl (C=O) groups excluding carboxylic acids is 2. The third-order valence-corrected chi connectivity index (χ3v) is 10.3. The van der Waals surface area contributed by atoms with Crippen molar-refractivity contribution in [3.8, 4) is 0 Å². The first-order valence-corrected chi connectivity index (χ1v) is 17.4.